The molecule has 0 saturated heterocycles. The zero-order valence-corrected chi connectivity index (χ0v) is 14.0. The quantitative estimate of drug-likeness (QED) is 0.500. The predicted octanol–water partition coefficient (Wildman–Crippen LogP) is 5.84. The van der Waals surface area contributed by atoms with Crippen LogP contribution in [-0.4, -0.2) is 5.33 Å². The van der Waals surface area contributed by atoms with Crippen LogP contribution in [0.1, 0.15) is 11.1 Å². The van der Waals surface area contributed by atoms with Crippen molar-refractivity contribution in [3.63, 3.8) is 0 Å². The summed E-state index contributed by atoms with van der Waals surface area (Å²) < 4.78 is 14.3. The van der Waals surface area contributed by atoms with E-state index in [1.165, 1.54) is 21.2 Å². The van der Waals surface area contributed by atoms with E-state index in [0.717, 1.165) is 18.2 Å². The van der Waals surface area contributed by atoms with E-state index in [1.807, 2.05) is 23.5 Å². The Bertz CT molecular complexity index is 717. The molecule has 108 valence electrons. The van der Waals surface area contributed by atoms with Crippen LogP contribution in [0.3, 0.4) is 0 Å². The van der Waals surface area contributed by atoms with Crippen molar-refractivity contribution in [2.75, 3.05) is 5.33 Å². The molecule has 0 nitrogen and oxygen atoms in total. The van der Waals surface area contributed by atoms with Gasteiger partial charge < -0.3 is 0 Å². The number of fused-ring (bicyclic) bond motifs is 1. The lowest BCUT2D eigenvalue weighted by molar-refractivity contribution is 0.590. The van der Waals surface area contributed by atoms with Crippen LogP contribution < -0.4 is 0 Å². The molecule has 0 radical (unpaired) electrons. The van der Waals surface area contributed by atoms with Crippen LogP contribution in [0.4, 0.5) is 4.39 Å². The summed E-state index contributed by atoms with van der Waals surface area (Å²) in [6.45, 7) is 0. The Morgan fingerprint density at radius 1 is 1.00 bits per heavy atom. The molecule has 0 spiro atoms. The van der Waals surface area contributed by atoms with E-state index in [9.17, 15) is 4.39 Å². The van der Waals surface area contributed by atoms with Gasteiger partial charge in [-0.05, 0) is 58.9 Å². The highest BCUT2D eigenvalue weighted by Gasteiger charge is 2.12. The number of rotatable bonds is 5. The lowest BCUT2D eigenvalue weighted by Crippen LogP contribution is -2.09. The molecule has 0 fully saturated rings. The van der Waals surface area contributed by atoms with Crippen molar-refractivity contribution in [1.82, 2.24) is 0 Å². The van der Waals surface area contributed by atoms with Crippen LogP contribution in [0.25, 0.3) is 10.1 Å². The van der Waals surface area contributed by atoms with Gasteiger partial charge in [0.15, 0.2) is 0 Å². The van der Waals surface area contributed by atoms with E-state index < -0.39 is 0 Å². The lowest BCUT2D eigenvalue weighted by atomic mass is 9.94. The third-order valence-electron chi connectivity index (χ3n) is 3.73. The maximum atomic E-state index is 13.0. The molecule has 0 aliphatic rings. The summed E-state index contributed by atoms with van der Waals surface area (Å²) in [7, 11) is 0. The van der Waals surface area contributed by atoms with E-state index in [2.05, 4.69) is 45.6 Å². The van der Waals surface area contributed by atoms with Crippen LogP contribution in [0.2, 0.25) is 0 Å². The van der Waals surface area contributed by atoms with Gasteiger partial charge in [0.1, 0.15) is 5.82 Å². The molecule has 0 aliphatic heterocycles. The summed E-state index contributed by atoms with van der Waals surface area (Å²) in [5.41, 5.74) is 2.61. The van der Waals surface area contributed by atoms with Crippen molar-refractivity contribution in [3.05, 3.63) is 70.9 Å². The molecule has 21 heavy (non-hydrogen) atoms. The molecule has 0 aliphatic carbocycles. The summed E-state index contributed by atoms with van der Waals surface area (Å²) >= 11 is 5.44. The number of hydrogen-bond acceptors (Lipinski definition) is 1. The minimum atomic E-state index is -0.169. The number of alkyl halides is 1. The first kappa shape index (κ1) is 14.7. The largest absolute Gasteiger partial charge is 0.207 e. The molecule has 3 rings (SSSR count). The summed E-state index contributed by atoms with van der Waals surface area (Å²) in [5.74, 6) is 0.353. The highest BCUT2D eigenvalue weighted by molar-refractivity contribution is 9.09. The maximum absolute atomic E-state index is 13.0. The van der Waals surface area contributed by atoms with Crippen molar-refractivity contribution in [1.29, 1.82) is 0 Å². The third kappa shape index (κ3) is 3.53. The normalized spacial score (nSPS) is 12.7. The first-order valence-corrected chi connectivity index (χ1v) is 9.02. The smallest absolute Gasteiger partial charge is 0.123 e. The van der Waals surface area contributed by atoms with Crippen LogP contribution in [0.15, 0.2) is 53.9 Å². The Hall–Kier alpha value is -1.19. The fourth-order valence-electron chi connectivity index (χ4n) is 2.64. The van der Waals surface area contributed by atoms with Crippen molar-refractivity contribution in [3.8, 4) is 0 Å². The fraction of sp³-hybridized carbons (Fsp3) is 0.222. The number of thiophene rings is 1. The standard InChI is InChI=1S/C18H16BrFS/c19-11-14(9-13-5-7-16(20)8-6-13)10-15-12-21-18-4-2-1-3-17(15)18/h1-8,12,14H,9-11H2. The summed E-state index contributed by atoms with van der Waals surface area (Å²) in [6, 6.07) is 15.4. The van der Waals surface area contributed by atoms with Gasteiger partial charge in [-0.3, -0.25) is 0 Å². The average Bonchev–Trinajstić information content (AvgIpc) is 2.92. The van der Waals surface area contributed by atoms with Gasteiger partial charge in [-0.15, -0.1) is 11.3 Å². The molecule has 3 aromatic rings. The van der Waals surface area contributed by atoms with E-state index in [-0.39, 0.29) is 5.82 Å². The topological polar surface area (TPSA) is 0 Å². The molecular weight excluding hydrogens is 347 g/mol. The molecule has 0 bridgehead atoms. The van der Waals surface area contributed by atoms with Crippen molar-refractivity contribution < 1.29 is 4.39 Å². The Morgan fingerprint density at radius 3 is 2.52 bits per heavy atom. The Labute approximate surface area is 136 Å². The van der Waals surface area contributed by atoms with E-state index in [4.69, 9.17) is 0 Å². The molecule has 1 unspecified atom stereocenters. The second-order valence-corrected chi connectivity index (χ2v) is 6.87. The van der Waals surface area contributed by atoms with Crippen molar-refractivity contribution >= 4 is 37.4 Å². The van der Waals surface area contributed by atoms with Crippen LogP contribution in [0.5, 0.6) is 0 Å². The van der Waals surface area contributed by atoms with Crippen molar-refractivity contribution in [2.24, 2.45) is 5.92 Å². The van der Waals surface area contributed by atoms with Gasteiger partial charge in [-0.2, -0.15) is 0 Å². The fourth-order valence-corrected chi connectivity index (χ4v) is 4.07. The number of halogens is 2. The second-order valence-electron chi connectivity index (χ2n) is 5.31. The molecule has 0 N–H and O–H groups in total. The molecule has 0 saturated carbocycles. The first-order chi connectivity index (χ1) is 10.3. The molecule has 0 amide bonds. The van der Waals surface area contributed by atoms with Gasteiger partial charge in [-0.25, -0.2) is 4.39 Å². The SMILES string of the molecule is Fc1ccc(CC(CBr)Cc2csc3ccccc23)cc1. The zero-order chi connectivity index (χ0) is 14.7. The molecule has 1 heterocycles. The van der Waals surface area contributed by atoms with E-state index in [1.54, 1.807) is 12.1 Å². The summed E-state index contributed by atoms with van der Waals surface area (Å²) in [4.78, 5) is 0. The first-order valence-electron chi connectivity index (χ1n) is 7.02. The highest BCUT2D eigenvalue weighted by Crippen LogP contribution is 2.29. The Morgan fingerprint density at radius 2 is 1.76 bits per heavy atom. The predicted molar refractivity (Wildman–Crippen MR) is 92.9 cm³/mol. The second kappa shape index (κ2) is 6.71. The van der Waals surface area contributed by atoms with Gasteiger partial charge >= 0.3 is 0 Å². The van der Waals surface area contributed by atoms with Gasteiger partial charge in [0, 0.05) is 10.0 Å². The van der Waals surface area contributed by atoms with Crippen molar-refractivity contribution in [2.45, 2.75) is 12.8 Å². The third-order valence-corrected chi connectivity index (χ3v) is 5.65. The molecule has 2 aromatic carbocycles. The molecule has 1 atom stereocenters. The van der Waals surface area contributed by atoms with Gasteiger partial charge in [0.25, 0.3) is 0 Å². The van der Waals surface area contributed by atoms with Gasteiger partial charge in [0.05, 0.1) is 0 Å². The maximum Gasteiger partial charge on any atom is 0.123 e. The van der Waals surface area contributed by atoms with Crippen LogP contribution >= 0.6 is 27.3 Å². The number of hydrogen-bond donors (Lipinski definition) is 0. The molecule has 3 heteroatoms. The Balaban J connectivity index is 1.76. The molecule has 1 aromatic heterocycles. The summed E-state index contributed by atoms with van der Waals surface area (Å²) in [6.07, 6.45) is 2.02. The van der Waals surface area contributed by atoms with E-state index >= 15 is 0 Å². The van der Waals surface area contributed by atoms with Gasteiger partial charge in [-0.1, -0.05) is 46.3 Å². The lowest BCUT2D eigenvalue weighted by Gasteiger charge is -2.14. The minimum Gasteiger partial charge on any atom is -0.207 e. The highest BCUT2D eigenvalue weighted by atomic mass is 79.9. The van der Waals surface area contributed by atoms with E-state index in [0.29, 0.717) is 5.92 Å². The van der Waals surface area contributed by atoms with Gasteiger partial charge in [0.2, 0.25) is 0 Å². The van der Waals surface area contributed by atoms with Crippen LogP contribution in [0, 0.1) is 11.7 Å². The molecular formula is C18H16BrFS. The zero-order valence-electron chi connectivity index (χ0n) is 11.6. The monoisotopic (exact) mass is 362 g/mol. The summed E-state index contributed by atoms with van der Waals surface area (Å²) in [5, 5.41) is 4.59. The minimum absolute atomic E-state index is 0.169. The van der Waals surface area contributed by atoms with Crippen LogP contribution in [-0.2, 0) is 12.8 Å². The number of benzene rings is 2. The Kier molecular flexibility index (Phi) is 4.71. The average molecular weight is 363 g/mol.